The van der Waals surface area contributed by atoms with E-state index in [1.54, 1.807) is 0 Å². The van der Waals surface area contributed by atoms with Gasteiger partial charge in [-0.3, -0.25) is 0 Å². The van der Waals surface area contributed by atoms with Crippen molar-refractivity contribution in [1.82, 2.24) is 18.8 Å². The van der Waals surface area contributed by atoms with E-state index in [0.717, 1.165) is 33.4 Å². The zero-order valence-corrected chi connectivity index (χ0v) is 47.3. The van der Waals surface area contributed by atoms with Gasteiger partial charge in [0.25, 0.3) is 0 Å². The van der Waals surface area contributed by atoms with Gasteiger partial charge in [0.15, 0.2) is 0 Å². The van der Waals surface area contributed by atoms with Gasteiger partial charge in [0.2, 0.25) is 0 Å². The Morgan fingerprint density at radius 1 is 0.269 bits per heavy atom. The molecule has 0 unspecified atom stereocenters. The molecule has 0 bridgehead atoms. The SMILES string of the molecule is [Se]=P(c1ccccc1)(c1ccccc1)c1cc2c3ccccc3n3c4ccccc4nc3c2c2ccccc12.[Se]=P(c1ccccc1)(c1ccccc1)c1cc2ccccc2c2c1c1ccccc1n1c3ccccc3nc21. The van der Waals surface area contributed by atoms with E-state index >= 15 is 0 Å². The van der Waals surface area contributed by atoms with E-state index in [2.05, 4.69) is 318 Å². The molecule has 78 heavy (non-hydrogen) atoms. The molecule has 0 aliphatic rings. The molecule has 4 aromatic heterocycles. The predicted octanol–water partition coefficient (Wildman–Crippen LogP) is 14.6. The van der Waals surface area contributed by atoms with Crippen molar-refractivity contribution < 1.29 is 0 Å². The van der Waals surface area contributed by atoms with E-state index in [-0.39, 0.29) is 0 Å². The molecule has 0 N–H and O–H groups in total. The van der Waals surface area contributed by atoms with Gasteiger partial charge in [-0.05, 0) is 0 Å². The van der Waals surface area contributed by atoms with Crippen LogP contribution < -0.4 is 31.8 Å². The van der Waals surface area contributed by atoms with Gasteiger partial charge in [0.05, 0.1) is 0 Å². The van der Waals surface area contributed by atoms with Crippen LogP contribution in [0.3, 0.4) is 0 Å². The summed E-state index contributed by atoms with van der Waals surface area (Å²) in [7, 11) is 0. The molecule has 0 saturated heterocycles. The normalized spacial score (nSPS) is 12.2. The van der Waals surface area contributed by atoms with E-state index in [4.69, 9.17) is 9.97 Å². The maximum atomic E-state index is 5.28. The van der Waals surface area contributed by atoms with Crippen LogP contribution in [-0.2, 0) is 0 Å². The summed E-state index contributed by atoms with van der Waals surface area (Å²) >= 11 is 7.61. The van der Waals surface area contributed by atoms with Gasteiger partial charge >= 0.3 is 469 Å². The molecule has 0 spiro atoms. The summed E-state index contributed by atoms with van der Waals surface area (Å²) in [4.78, 5) is 10.5. The second-order valence-electron chi connectivity index (χ2n) is 19.8. The molecule has 12 aromatic carbocycles. The van der Waals surface area contributed by atoms with Crippen LogP contribution in [0.2, 0.25) is 0 Å². The number of rotatable bonds is 6. The van der Waals surface area contributed by atoms with Crippen molar-refractivity contribution in [1.29, 1.82) is 0 Å². The van der Waals surface area contributed by atoms with Crippen molar-refractivity contribution in [2.75, 3.05) is 0 Å². The molecule has 368 valence electrons. The van der Waals surface area contributed by atoms with Crippen molar-refractivity contribution in [2.45, 2.75) is 0 Å². The maximum absolute atomic E-state index is 5.28. The number of para-hydroxylation sites is 6. The Bertz CT molecular complexity index is 5070. The summed E-state index contributed by atoms with van der Waals surface area (Å²) < 4.78 is 4.70. The van der Waals surface area contributed by atoms with Crippen molar-refractivity contribution in [3.63, 3.8) is 0 Å². The predicted molar refractivity (Wildman–Crippen MR) is 339 cm³/mol. The molecule has 0 radical (unpaired) electrons. The molecular formula is C70H46N4P2Se2. The van der Waals surface area contributed by atoms with Crippen molar-refractivity contribution in [2.24, 2.45) is 0 Å². The zero-order chi connectivity index (χ0) is 52.0. The summed E-state index contributed by atoms with van der Waals surface area (Å²) in [6.45, 7) is 0. The third-order valence-electron chi connectivity index (χ3n) is 15.6. The van der Waals surface area contributed by atoms with E-state index in [9.17, 15) is 0 Å². The summed E-state index contributed by atoms with van der Waals surface area (Å²) in [5, 5.41) is 20.4. The fraction of sp³-hybridized carbons (Fsp3) is 0. The molecule has 0 saturated carbocycles. The Morgan fingerprint density at radius 3 is 1.17 bits per heavy atom. The fourth-order valence-electron chi connectivity index (χ4n) is 12.2. The van der Waals surface area contributed by atoms with Crippen molar-refractivity contribution in [3.05, 3.63) is 279 Å². The summed E-state index contributed by atoms with van der Waals surface area (Å²) in [5.41, 5.74) is 4.43. The number of hydrogen-bond acceptors (Lipinski definition) is 2. The Labute approximate surface area is 465 Å². The van der Waals surface area contributed by atoms with Gasteiger partial charge in [0, 0.05) is 0 Å². The van der Waals surface area contributed by atoms with Crippen LogP contribution in [0.4, 0.5) is 0 Å². The van der Waals surface area contributed by atoms with Crippen LogP contribution in [0.5, 0.6) is 0 Å². The molecule has 0 aliphatic heterocycles. The molecule has 0 atom stereocenters. The fourth-order valence-corrected chi connectivity index (χ4v) is 22.9. The van der Waals surface area contributed by atoms with Crippen LogP contribution in [0, 0.1) is 0 Å². The second kappa shape index (κ2) is 18.9. The molecule has 16 rings (SSSR count). The third-order valence-corrected chi connectivity index (χ3v) is 29.6. The monoisotopic (exact) mass is 1160 g/mol. The molecule has 4 nitrogen and oxygen atoms in total. The first kappa shape index (κ1) is 47.2. The quantitative estimate of drug-likeness (QED) is 0.0945. The standard InChI is InChI=1S/2C35H23N2PSe/c39-38(25-14-3-1-4-15-25,26-16-5-2-6-17-26)32-23-24-13-7-8-18-27(24)34-33(32)28-19-9-11-21-30(28)37-31-22-12-10-20-29(31)36-35(34)37;39-38(24-13-3-1-4-14-24,25-15-5-2-6-16-25)33-23-29-26-17-9-11-21-31(26)37-32-22-12-10-20-30(32)36-35(37)34(29)28-19-8-7-18-27(28)33/h2*1-23H. The number of pyridine rings is 2. The van der Waals surface area contributed by atoms with Gasteiger partial charge in [0.1, 0.15) is 0 Å². The Hall–Kier alpha value is -8.00. The summed E-state index contributed by atoms with van der Waals surface area (Å²) in [6, 6.07) is 101. The number of fused-ring (bicyclic) bond motifs is 20. The number of benzene rings is 12. The first-order chi connectivity index (χ1) is 38.5. The van der Waals surface area contributed by atoms with Gasteiger partial charge < -0.3 is 0 Å². The average molecular weight is 1160 g/mol. The van der Waals surface area contributed by atoms with Gasteiger partial charge in [-0.1, -0.05) is 0 Å². The minimum absolute atomic E-state index is 1.01. The van der Waals surface area contributed by atoms with Crippen molar-refractivity contribution >= 4 is 171 Å². The number of aromatic nitrogens is 4. The molecule has 8 heteroatoms. The first-order valence-electron chi connectivity index (χ1n) is 26.2. The molecule has 0 aliphatic carbocycles. The topological polar surface area (TPSA) is 34.6 Å². The first-order valence-corrected chi connectivity index (χ1v) is 34.2. The second-order valence-corrected chi connectivity index (χ2v) is 32.2. The molecule has 0 amide bonds. The van der Waals surface area contributed by atoms with Crippen molar-refractivity contribution in [3.8, 4) is 0 Å². The van der Waals surface area contributed by atoms with E-state index in [0.29, 0.717) is 0 Å². The average Bonchev–Trinajstić information content (AvgIpc) is 4.22. The third kappa shape index (κ3) is 7.19. The van der Waals surface area contributed by atoms with Crippen LogP contribution in [0.25, 0.3) is 98.3 Å². The Kier molecular flexibility index (Phi) is 11.4. The molecule has 4 heterocycles. The summed E-state index contributed by atoms with van der Waals surface area (Å²) in [6.07, 6.45) is 0. The van der Waals surface area contributed by atoms with Crippen LogP contribution in [0.1, 0.15) is 0 Å². The Balaban J connectivity index is 0.000000136. The van der Waals surface area contributed by atoms with E-state index in [1.807, 2.05) is 0 Å². The molecular weight excluding hydrogens is 1120 g/mol. The van der Waals surface area contributed by atoms with Crippen LogP contribution in [0.15, 0.2) is 279 Å². The van der Waals surface area contributed by atoms with E-state index in [1.165, 1.54) is 96.7 Å². The number of nitrogens with zero attached hydrogens (tertiary/aromatic N) is 4. The minimum atomic E-state index is -2.16. The zero-order valence-electron chi connectivity index (χ0n) is 42.1. The molecule has 0 fully saturated rings. The molecule has 16 aromatic rings. The van der Waals surface area contributed by atoms with Gasteiger partial charge in [-0.25, -0.2) is 0 Å². The van der Waals surface area contributed by atoms with Crippen LogP contribution >= 0.6 is 11.0 Å². The Morgan fingerprint density at radius 2 is 0.641 bits per heavy atom. The van der Waals surface area contributed by atoms with Crippen LogP contribution in [-0.4, -0.2) is 49.0 Å². The number of hydrogen-bond donors (Lipinski definition) is 0. The summed E-state index contributed by atoms with van der Waals surface area (Å²) in [5.74, 6) is 0. The van der Waals surface area contributed by atoms with Gasteiger partial charge in [-0.2, -0.15) is 0 Å². The van der Waals surface area contributed by atoms with E-state index < -0.39 is 11.0 Å². The number of imidazole rings is 2. The van der Waals surface area contributed by atoms with Gasteiger partial charge in [-0.15, -0.1) is 0 Å².